The Kier molecular flexibility index (Phi) is 11.2. The van der Waals surface area contributed by atoms with E-state index in [0.717, 1.165) is 10.9 Å². The third-order valence-electron chi connectivity index (χ3n) is 6.41. The summed E-state index contributed by atoms with van der Waals surface area (Å²) in [4.78, 5) is 44.6. The first-order chi connectivity index (χ1) is 19.2. The van der Waals surface area contributed by atoms with Crippen molar-refractivity contribution in [1.82, 2.24) is 15.2 Å². The number of benzene rings is 2. The van der Waals surface area contributed by atoms with Crippen molar-refractivity contribution < 1.29 is 24.6 Å². The van der Waals surface area contributed by atoms with Crippen molar-refractivity contribution in [2.45, 2.75) is 37.8 Å². The van der Waals surface area contributed by atoms with Gasteiger partial charge in [0.15, 0.2) is 11.5 Å². The number of carbonyl (C=O) groups excluding carboxylic acids is 3. The number of aromatic nitrogens is 1. The van der Waals surface area contributed by atoms with Crippen molar-refractivity contribution in [2.24, 2.45) is 17.2 Å². The second-order valence-corrected chi connectivity index (χ2v) is 9.43. The normalized spacial score (nSPS) is 12.5. The van der Waals surface area contributed by atoms with E-state index in [0.29, 0.717) is 43.9 Å². The number of nitrogens with one attached hydrogen (secondary N) is 2. The number of hydrogen-bond donors (Lipinski definition) is 7. The smallest absolute Gasteiger partial charge is 0.247 e. The van der Waals surface area contributed by atoms with Crippen LogP contribution in [0.5, 0.6) is 11.5 Å². The van der Waals surface area contributed by atoms with Crippen molar-refractivity contribution in [1.29, 1.82) is 0 Å². The minimum Gasteiger partial charge on any atom is -0.504 e. The highest BCUT2D eigenvalue weighted by Gasteiger charge is 2.25. The molecule has 0 bridgehead atoms. The highest BCUT2D eigenvalue weighted by Crippen LogP contribution is 2.25. The van der Waals surface area contributed by atoms with Crippen molar-refractivity contribution in [3.05, 3.63) is 60.3 Å². The van der Waals surface area contributed by atoms with Gasteiger partial charge < -0.3 is 42.9 Å². The van der Waals surface area contributed by atoms with Gasteiger partial charge in [0.25, 0.3) is 0 Å². The van der Waals surface area contributed by atoms with E-state index in [4.69, 9.17) is 17.2 Å². The Labute approximate surface area is 232 Å². The summed E-state index contributed by atoms with van der Waals surface area (Å²) in [7, 11) is 0. The summed E-state index contributed by atoms with van der Waals surface area (Å²) in [5, 5.41) is 25.7. The number of anilines is 1. The van der Waals surface area contributed by atoms with Crippen molar-refractivity contribution >= 4 is 34.3 Å². The molecule has 3 rings (SSSR count). The zero-order valence-corrected chi connectivity index (χ0v) is 22.3. The topological polar surface area (TPSA) is 210 Å². The zero-order chi connectivity index (χ0) is 29.1. The van der Waals surface area contributed by atoms with Crippen LogP contribution in [0.2, 0.25) is 0 Å². The van der Waals surface area contributed by atoms with Crippen LogP contribution in [0.25, 0.3) is 10.9 Å². The third-order valence-corrected chi connectivity index (χ3v) is 6.41. The fraction of sp³-hybridized carbons (Fsp3) is 0.357. The Bertz CT molecular complexity index is 1310. The molecule has 2 unspecified atom stereocenters. The first-order valence-corrected chi connectivity index (χ1v) is 13.1. The number of aromatic hydroxyl groups is 2. The lowest BCUT2D eigenvalue weighted by Gasteiger charge is -2.23. The lowest BCUT2D eigenvalue weighted by atomic mass is 10.0. The summed E-state index contributed by atoms with van der Waals surface area (Å²) in [5.74, 6) is -1.80. The molecule has 214 valence electrons. The number of para-hydroxylation sites is 1. The lowest BCUT2D eigenvalue weighted by Crippen LogP contribution is -2.50. The molecular weight excluding hydrogens is 514 g/mol. The number of amides is 3. The fourth-order valence-electron chi connectivity index (χ4n) is 4.19. The number of nitrogens with zero attached hydrogens (tertiary/aromatic N) is 2. The van der Waals surface area contributed by atoms with Crippen LogP contribution in [0, 0.1) is 0 Å². The summed E-state index contributed by atoms with van der Waals surface area (Å²) in [6.45, 7) is 1.30. The van der Waals surface area contributed by atoms with Gasteiger partial charge in [-0.05, 0) is 49.1 Å². The van der Waals surface area contributed by atoms with Gasteiger partial charge in [0.2, 0.25) is 17.7 Å². The maximum Gasteiger partial charge on any atom is 0.247 e. The van der Waals surface area contributed by atoms with E-state index in [2.05, 4.69) is 15.6 Å². The number of carbonyl (C=O) groups is 3. The Balaban J connectivity index is 1.69. The number of phenols is 2. The summed E-state index contributed by atoms with van der Waals surface area (Å²) < 4.78 is 0. The third kappa shape index (κ3) is 8.63. The van der Waals surface area contributed by atoms with E-state index in [-0.39, 0.29) is 36.7 Å². The number of aryl methyl sites for hydroxylation is 1. The van der Waals surface area contributed by atoms with Gasteiger partial charge in [0, 0.05) is 38.0 Å². The van der Waals surface area contributed by atoms with Crippen LogP contribution in [-0.4, -0.2) is 76.1 Å². The fourth-order valence-corrected chi connectivity index (χ4v) is 4.19. The highest BCUT2D eigenvalue weighted by atomic mass is 16.3. The predicted molar refractivity (Wildman–Crippen MR) is 152 cm³/mol. The molecule has 12 nitrogen and oxygen atoms in total. The van der Waals surface area contributed by atoms with Crippen LogP contribution in [0.3, 0.4) is 0 Å². The summed E-state index contributed by atoms with van der Waals surface area (Å²) in [6.07, 6.45) is 2.12. The number of fused-ring (bicyclic) bond motifs is 1. The SMILES string of the molecule is NCCN(CCN)C(=O)CCC(N)C(=O)NC(CCc1ccc(O)c(O)c1)C(=O)Nc1cnc2ccccc2c1. The molecule has 1 heterocycles. The first kappa shape index (κ1) is 30.3. The van der Waals surface area contributed by atoms with Gasteiger partial charge in [-0.3, -0.25) is 19.4 Å². The summed E-state index contributed by atoms with van der Waals surface area (Å²) >= 11 is 0. The molecule has 0 aliphatic heterocycles. The minimum atomic E-state index is -1.03. The molecule has 2 atom stereocenters. The van der Waals surface area contributed by atoms with Crippen molar-refractivity contribution in [2.75, 3.05) is 31.5 Å². The lowest BCUT2D eigenvalue weighted by molar-refractivity contribution is -0.132. The van der Waals surface area contributed by atoms with Crippen LogP contribution in [-0.2, 0) is 20.8 Å². The van der Waals surface area contributed by atoms with Crippen LogP contribution in [0.4, 0.5) is 5.69 Å². The van der Waals surface area contributed by atoms with Crippen LogP contribution >= 0.6 is 0 Å². The first-order valence-electron chi connectivity index (χ1n) is 13.1. The number of rotatable bonds is 14. The molecule has 40 heavy (non-hydrogen) atoms. The molecular formula is C28H37N7O5. The quantitative estimate of drug-likeness (QED) is 0.139. The molecule has 0 radical (unpaired) electrons. The Morgan fingerprint density at radius 1 is 0.925 bits per heavy atom. The van der Waals surface area contributed by atoms with Crippen LogP contribution in [0.15, 0.2) is 54.7 Å². The average molecular weight is 552 g/mol. The highest BCUT2D eigenvalue weighted by molar-refractivity contribution is 5.99. The summed E-state index contributed by atoms with van der Waals surface area (Å²) in [5.41, 5.74) is 19.1. The Morgan fingerprint density at radius 3 is 2.35 bits per heavy atom. The maximum atomic E-state index is 13.3. The van der Waals surface area contributed by atoms with E-state index >= 15 is 0 Å². The van der Waals surface area contributed by atoms with Gasteiger partial charge >= 0.3 is 0 Å². The molecule has 2 aromatic carbocycles. The van der Waals surface area contributed by atoms with E-state index in [1.165, 1.54) is 23.2 Å². The Hall–Kier alpha value is -4.26. The van der Waals surface area contributed by atoms with E-state index in [1.807, 2.05) is 24.3 Å². The predicted octanol–water partition coefficient (Wildman–Crippen LogP) is 0.556. The number of hydrogen-bond acceptors (Lipinski definition) is 9. The van der Waals surface area contributed by atoms with Gasteiger partial charge in [-0.25, -0.2) is 0 Å². The maximum absolute atomic E-state index is 13.3. The van der Waals surface area contributed by atoms with E-state index in [9.17, 15) is 24.6 Å². The average Bonchev–Trinajstić information content (AvgIpc) is 2.95. The molecule has 0 spiro atoms. The molecule has 0 fully saturated rings. The van der Waals surface area contributed by atoms with Gasteiger partial charge in [0.05, 0.1) is 23.4 Å². The van der Waals surface area contributed by atoms with E-state index < -0.39 is 23.9 Å². The molecule has 0 aliphatic rings. The van der Waals surface area contributed by atoms with Crippen LogP contribution < -0.4 is 27.8 Å². The largest absolute Gasteiger partial charge is 0.504 e. The van der Waals surface area contributed by atoms with Crippen molar-refractivity contribution in [3.8, 4) is 11.5 Å². The van der Waals surface area contributed by atoms with Gasteiger partial charge in [-0.2, -0.15) is 0 Å². The molecule has 3 amide bonds. The van der Waals surface area contributed by atoms with E-state index in [1.54, 1.807) is 12.1 Å². The van der Waals surface area contributed by atoms with Gasteiger partial charge in [-0.1, -0.05) is 24.3 Å². The van der Waals surface area contributed by atoms with Gasteiger partial charge in [0.1, 0.15) is 6.04 Å². The minimum absolute atomic E-state index is 0.0288. The molecule has 0 saturated heterocycles. The molecule has 1 aromatic heterocycles. The van der Waals surface area contributed by atoms with Crippen molar-refractivity contribution in [3.63, 3.8) is 0 Å². The number of pyridine rings is 1. The number of nitrogens with two attached hydrogens (primary N) is 3. The Morgan fingerprint density at radius 2 is 1.65 bits per heavy atom. The molecule has 10 N–H and O–H groups in total. The molecule has 0 saturated carbocycles. The number of phenolic OH excluding ortho intramolecular Hbond substituents is 2. The standard InChI is InChI=1S/C28H37N7O5/c29-11-13-35(14-12-30)26(38)10-7-21(31)27(39)34-23(8-5-18-6-9-24(36)25(37)15-18)28(40)33-20-16-19-3-1-2-4-22(19)32-17-20/h1-4,6,9,15-17,21,23,36-37H,5,7-8,10-14,29-31H2,(H,33,40)(H,34,39). The van der Waals surface area contributed by atoms with Crippen LogP contribution in [0.1, 0.15) is 24.8 Å². The second kappa shape index (κ2) is 14.8. The monoisotopic (exact) mass is 551 g/mol. The van der Waals surface area contributed by atoms with Gasteiger partial charge in [-0.15, -0.1) is 0 Å². The molecule has 3 aromatic rings. The zero-order valence-electron chi connectivity index (χ0n) is 22.3. The molecule has 0 aliphatic carbocycles. The molecule has 12 heteroatoms. The summed E-state index contributed by atoms with van der Waals surface area (Å²) in [6, 6.07) is 11.6. The second-order valence-electron chi connectivity index (χ2n) is 9.43.